The van der Waals surface area contributed by atoms with Crippen LogP contribution in [-0.2, 0) is 0 Å². The second kappa shape index (κ2) is 7.51. The second-order valence-corrected chi connectivity index (χ2v) is 5.86. The lowest BCUT2D eigenvalue weighted by molar-refractivity contribution is 0.0929. The van der Waals surface area contributed by atoms with Crippen LogP contribution in [0.3, 0.4) is 0 Å². The molecule has 0 saturated heterocycles. The Bertz CT molecular complexity index is 1060. The number of ether oxygens (including phenoxy) is 4. The van der Waals surface area contributed by atoms with Gasteiger partial charge in [-0.2, -0.15) is 5.10 Å². The van der Waals surface area contributed by atoms with E-state index in [9.17, 15) is 4.79 Å². The van der Waals surface area contributed by atoms with Crippen LogP contribution >= 0.6 is 0 Å². The van der Waals surface area contributed by atoms with E-state index >= 15 is 0 Å². The molecular formula is C20H18N2O6. The van der Waals surface area contributed by atoms with Crippen LogP contribution in [-0.4, -0.2) is 32.6 Å². The lowest BCUT2D eigenvalue weighted by Crippen LogP contribution is -2.16. The summed E-state index contributed by atoms with van der Waals surface area (Å²) in [5.41, 5.74) is 3.61. The van der Waals surface area contributed by atoms with Crippen LogP contribution in [0.4, 0.5) is 0 Å². The van der Waals surface area contributed by atoms with Crippen molar-refractivity contribution in [3.63, 3.8) is 0 Å². The zero-order valence-electron chi connectivity index (χ0n) is 15.4. The Morgan fingerprint density at radius 1 is 1.21 bits per heavy atom. The summed E-state index contributed by atoms with van der Waals surface area (Å²) in [5, 5.41) is 4.77. The van der Waals surface area contributed by atoms with Gasteiger partial charge < -0.3 is 23.4 Å². The fourth-order valence-corrected chi connectivity index (χ4v) is 2.84. The second-order valence-electron chi connectivity index (χ2n) is 5.86. The molecule has 0 unspecified atom stereocenters. The van der Waals surface area contributed by atoms with Crippen molar-refractivity contribution in [1.82, 2.24) is 5.43 Å². The fraction of sp³-hybridized carbons (Fsp3) is 0.200. The van der Waals surface area contributed by atoms with Gasteiger partial charge in [0.05, 0.1) is 19.9 Å². The summed E-state index contributed by atoms with van der Waals surface area (Å²) in [6.45, 7) is 2.52. The molecular weight excluding hydrogens is 364 g/mol. The molecule has 4 rings (SSSR count). The van der Waals surface area contributed by atoms with Crippen LogP contribution in [0.1, 0.15) is 23.0 Å². The summed E-state index contributed by atoms with van der Waals surface area (Å²) in [6, 6.07) is 10.5. The quantitative estimate of drug-likeness (QED) is 0.519. The lowest BCUT2D eigenvalue weighted by Gasteiger charge is -2.08. The number of nitrogens with one attached hydrogen (secondary N) is 1. The topological polar surface area (TPSA) is 91.5 Å². The third kappa shape index (κ3) is 3.32. The monoisotopic (exact) mass is 382 g/mol. The Labute approximate surface area is 160 Å². The van der Waals surface area contributed by atoms with Gasteiger partial charge in [-0.1, -0.05) is 12.1 Å². The first-order chi connectivity index (χ1) is 13.7. The Kier molecular flexibility index (Phi) is 4.76. The highest BCUT2D eigenvalue weighted by Crippen LogP contribution is 2.37. The van der Waals surface area contributed by atoms with Crippen molar-refractivity contribution < 1.29 is 28.2 Å². The van der Waals surface area contributed by atoms with E-state index in [1.54, 1.807) is 31.4 Å². The Balaban J connectivity index is 1.53. The first kappa shape index (κ1) is 17.7. The average Bonchev–Trinajstić information content (AvgIpc) is 3.34. The minimum absolute atomic E-state index is 0.132. The molecule has 144 valence electrons. The summed E-state index contributed by atoms with van der Waals surface area (Å²) in [5.74, 6) is 2.00. The minimum atomic E-state index is -0.479. The summed E-state index contributed by atoms with van der Waals surface area (Å²) in [6.07, 6.45) is 1.48. The number of hydrogen-bond donors (Lipinski definition) is 1. The molecule has 8 heteroatoms. The normalized spacial score (nSPS) is 12.5. The number of para-hydroxylation sites is 1. The van der Waals surface area contributed by atoms with Gasteiger partial charge >= 0.3 is 5.91 Å². The number of hydrogen-bond acceptors (Lipinski definition) is 7. The maximum absolute atomic E-state index is 12.4. The average molecular weight is 382 g/mol. The van der Waals surface area contributed by atoms with Gasteiger partial charge in [0.2, 0.25) is 6.79 Å². The molecule has 1 aliphatic heterocycles. The van der Waals surface area contributed by atoms with Gasteiger partial charge in [-0.25, -0.2) is 5.43 Å². The molecule has 8 nitrogen and oxygen atoms in total. The maximum atomic E-state index is 12.4. The van der Waals surface area contributed by atoms with Crippen LogP contribution in [0.15, 0.2) is 45.9 Å². The Morgan fingerprint density at radius 3 is 2.82 bits per heavy atom. The summed E-state index contributed by atoms with van der Waals surface area (Å²) >= 11 is 0. The van der Waals surface area contributed by atoms with Gasteiger partial charge in [-0.15, -0.1) is 0 Å². The molecule has 1 amide bonds. The van der Waals surface area contributed by atoms with Crippen molar-refractivity contribution in [3.05, 3.63) is 47.7 Å². The van der Waals surface area contributed by atoms with Crippen LogP contribution < -0.4 is 24.4 Å². The van der Waals surface area contributed by atoms with Crippen LogP contribution in [0, 0.1) is 0 Å². The standard InChI is InChI=1S/C20H18N2O6/c1-3-25-15-9-17-16(26-11-27-17)8-13(15)10-21-22-20(23)18-7-12-5-4-6-14(24-2)19(12)28-18/h4-10H,3,11H2,1-2H3,(H,22,23)/b21-10+. The SMILES string of the molecule is CCOc1cc2c(cc1/C=N/NC(=O)c1cc3cccc(OC)c3o1)OCO2. The van der Waals surface area contributed by atoms with E-state index in [-0.39, 0.29) is 12.6 Å². The van der Waals surface area contributed by atoms with E-state index in [1.165, 1.54) is 6.21 Å². The van der Waals surface area contributed by atoms with Crippen molar-refractivity contribution in [2.75, 3.05) is 20.5 Å². The number of amides is 1. The van der Waals surface area contributed by atoms with E-state index in [0.29, 0.717) is 40.8 Å². The van der Waals surface area contributed by atoms with Gasteiger partial charge in [-0.3, -0.25) is 4.79 Å². The molecule has 0 aliphatic carbocycles. The fourth-order valence-electron chi connectivity index (χ4n) is 2.84. The molecule has 0 radical (unpaired) electrons. The maximum Gasteiger partial charge on any atom is 0.307 e. The Hall–Kier alpha value is -3.68. The zero-order valence-corrected chi connectivity index (χ0v) is 15.4. The molecule has 2 aromatic carbocycles. The number of furan rings is 1. The number of nitrogens with zero attached hydrogens (tertiary/aromatic N) is 1. The van der Waals surface area contributed by atoms with Crippen LogP contribution in [0.25, 0.3) is 11.0 Å². The molecule has 1 aliphatic rings. The van der Waals surface area contributed by atoms with Gasteiger partial charge in [-0.05, 0) is 25.1 Å². The van der Waals surface area contributed by atoms with E-state index in [4.69, 9.17) is 23.4 Å². The zero-order chi connectivity index (χ0) is 19.5. The number of fused-ring (bicyclic) bond motifs is 2. The molecule has 28 heavy (non-hydrogen) atoms. The van der Waals surface area contributed by atoms with Crippen molar-refractivity contribution in [2.45, 2.75) is 6.92 Å². The molecule has 1 aromatic heterocycles. The molecule has 1 N–H and O–H groups in total. The van der Waals surface area contributed by atoms with E-state index in [2.05, 4.69) is 10.5 Å². The van der Waals surface area contributed by atoms with E-state index < -0.39 is 5.91 Å². The smallest absolute Gasteiger partial charge is 0.307 e. The molecule has 0 bridgehead atoms. The first-order valence-electron chi connectivity index (χ1n) is 8.66. The molecule has 0 spiro atoms. The highest BCUT2D eigenvalue weighted by molar-refractivity contribution is 5.97. The van der Waals surface area contributed by atoms with Gasteiger partial charge in [0.25, 0.3) is 0 Å². The summed E-state index contributed by atoms with van der Waals surface area (Å²) in [4.78, 5) is 12.4. The predicted molar refractivity (Wildman–Crippen MR) is 102 cm³/mol. The lowest BCUT2D eigenvalue weighted by atomic mass is 10.2. The van der Waals surface area contributed by atoms with Gasteiger partial charge in [0.1, 0.15) is 5.75 Å². The largest absolute Gasteiger partial charge is 0.493 e. The van der Waals surface area contributed by atoms with Crippen molar-refractivity contribution in [2.24, 2.45) is 5.10 Å². The summed E-state index contributed by atoms with van der Waals surface area (Å²) < 4.78 is 27.2. The van der Waals surface area contributed by atoms with Crippen molar-refractivity contribution >= 4 is 23.1 Å². The molecule has 0 fully saturated rings. The number of carbonyl (C=O) groups is 1. The number of methoxy groups -OCH3 is 1. The van der Waals surface area contributed by atoms with Crippen molar-refractivity contribution in [1.29, 1.82) is 0 Å². The van der Waals surface area contributed by atoms with Gasteiger partial charge in [0, 0.05) is 17.0 Å². The Morgan fingerprint density at radius 2 is 2.04 bits per heavy atom. The van der Waals surface area contributed by atoms with Crippen LogP contribution in [0.5, 0.6) is 23.0 Å². The van der Waals surface area contributed by atoms with Crippen molar-refractivity contribution in [3.8, 4) is 23.0 Å². The summed E-state index contributed by atoms with van der Waals surface area (Å²) in [7, 11) is 1.54. The van der Waals surface area contributed by atoms with Gasteiger partial charge in [0.15, 0.2) is 28.6 Å². The molecule has 3 aromatic rings. The number of rotatable bonds is 6. The van der Waals surface area contributed by atoms with E-state index in [0.717, 1.165) is 5.39 Å². The number of benzene rings is 2. The number of hydrazone groups is 1. The van der Waals surface area contributed by atoms with Crippen LogP contribution in [0.2, 0.25) is 0 Å². The highest BCUT2D eigenvalue weighted by atomic mass is 16.7. The third-order valence-electron chi connectivity index (χ3n) is 4.13. The predicted octanol–water partition coefficient (Wildman–Crippen LogP) is 3.33. The molecule has 2 heterocycles. The molecule has 0 atom stereocenters. The third-order valence-corrected chi connectivity index (χ3v) is 4.13. The first-order valence-corrected chi connectivity index (χ1v) is 8.66. The highest BCUT2D eigenvalue weighted by Gasteiger charge is 2.18. The van der Waals surface area contributed by atoms with E-state index in [1.807, 2.05) is 19.1 Å². The minimum Gasteiger partial charge on any atom is -0.493 e. The number of carbonyl (C=O) groups excluding carboxylic acids is 1. The molecule has 0 saturated carbocycles.